The molecule has 0 radical (unpaired) electrons. The van der Waals surface area contributed by atoms with Gasteiger partial charge < -0.3 is 15.0 Å². The molecule has 0 saturated carbocycles. The molecule has 10 heteroatoms. The highest BCUT2D eigenvalue weighted by atomic mass is 79.9. The highest BCUT2D eigenvalue weighted by Crippen LogP contribution is 2.29. The lowest BCUT2D eigenvalue weighted by atomic mass is 10.0. The lowest BCUT2D eigenvalue weighted by Crippen LogP contribution is -2.54. The van der Waals surface area contributed by atoms with E-state index in [2.05, 4.69) is 21.2 Å². The zero-order chi connectivity index (χ0) is 36.4. The number of amides is 2. The summed E-state index contributed by atoms with van der Waals surface area (Å²) in [7, 11) is -4.24. The summed E-state index contributed by atoms with van der Waals surface area (Å²) < 4.78 is 36.7. The quantitative estimate of drug-likeness (QED) is 0.116. The Bertz CT molecular complexity index is 1990. The molecule has 264 valence electrons. The number of hydrogen-bond donors (Lipinski definition) is 1. The van der Waals surface area contributed by atoms with Gasteiger partial charge in [0.1, 0.15) is 24.1 Å². The molecule has 0 unspecified atom stereocenters. The first kappa shape index (κ1) is 37.3. The largest absolute Gasteiger partial charge is 0.457 e. The zero-order valence-corrected chi connectivity index (χ0v) is 31.3. The molecule has 0 aromatic heterocycles. The lowest BCUT2D eigenvalue weighted by Gasteiger charge is -2.34. The van der Waals surface area contributed by atoms with E-state index in [1.807, 2.05) is 106 Å². The van der Waals surface area contributed by atoms with Gasteiger partial charge in [-0.2, -0.15) is 0 Å². The molecule has 0 bridgehead atoms. The Morgan fingerprint density at radius 1 is 0.765 bits per heavy atom. The molecular formula is C41H42BrN3O5S. The molecule has 5 rings (SSSR count). The van der Waals surface area contributed by atoms with Crippen molar-refractivity contribution in [3.8, 4) is 11.5 Å². The van der Waals surface area contributed by atoms with Crippen molar-refractivity contribution in [3.05, 3.63) is 155 Å². The molecule has 0 fully saturated rings. The van der Waals surface area contributed by atoms with Crippen molar-refractivity contribution in [2.45, 2.75) is 57.1 Å². The number of nitrogens with zero attached hydrogens (tertiary/aromatic N) is 2. The van der Waals surface area contributed by atoms with Gasteiger partial charge in [-0.05, 0) is 92.1 Å². The van der Waals surface area contributed by atoms with E-state index >= 15 is 0 Å². The standard InChI is InChI=1S/C41H42BrN3O5S/c1-4-31(3)43-41(47)39(27-32-11-7-5-8-12-32)44(28-33-17-19-34(42)20-18-33)40(46)29-45(51(48,49)38-25-15-30(2)16-26-38)35-21-23-37(24-22-35)50-36-13-9-6-10-14-36/h5-26,31,39H,4,27-29H2,1-3H3,(H,43,47)/t31-,39+/m1/s1. The molecule has 5 aromatic rings. The highest BCUT2D eigenvalue weighted by molar-refractivity contribution is 9.10. The Kier molecular flexibility index (Phi) is 12.7. The highest BCUT2D eigenvalue weighted by Gasteiger charge is 2.35. The molecule has 2 amide bonds. The molecular weight excluding hydrogens is 726 g/mol. The SMILES string of the molecule is CC[C@@H](C)NC(=O)[C@H](Cc1ccccc1)N(Cc1ccc(Br)cc1)C(=O)CN(c1ccc(Oc2ccccc2)cc1)S(=O)(=O)c1ccc(C)cc1. The van der Waals surface area contributed by atoms with Crippen molar-refractivity contribution in [3.63, 3.8) is 0 Å². The molecule has 5 aromatic carbocycles. The van der Waals surface area contributed by atoms with Crippen LogP contribution in [0.15, 0.2) is 143 Å². The van der Waals surface area contributed by atoms with Crippen LogP contribution in [0.3, 0.4) is 0 Å². The average Bonchev–Trinajstić information content (AvgIpc) is 3.14. The molecule has 51 heavy (non-hydrogen) atoms. The minimum Gasteiger partial charge on any atom is -0.457 e. The maximum atomic E-state index is 14.7. The summed E-state index contributed by atoms with van der Waals surface area (Å²) in [5, 5.41) is 3.07. The van der Waals surface area contributed by atoms with Gasteiger partial charge in [0.05, 0.1) is 10.6 Å². The van der Waals surface area contributed by atoms with Crippen molar-refractivity contribution in [1.82, 2.24) is 10.2 Å². The van der Waals surface area contributed by atoms with Gasteiger partial charge in [0, 0.05) is 23.5 Å². The Morgan fingerprint density at radius 3 is 1.96 bits per heavy atom. The minimum atomic E-state index is -4.24. The van der Waals surface area contributed by atoms with Crippen molar-refractivity contribution in [1.29, 1.82) is 0 Å². The van der Waals surface area contributed by atoms with Gasteiger partial charge in [-0.3, -0.25) is 13.9 Å². The number of rotatable bonds is 15. The van der Waals surface area contributed by atoms with Crippen molar-refractivity contribution >= 4 is 43.5 Å². The topological polar surface area (TPSA) is 96.0 Å². The Labute approximate surface area is 309 Å². The van der Waals surface area contributed by atoms with E-state index in [0.29, 0.717) is 17.9 Å². The lowest BCUT2D eigenvalue weighted by molar-refractivity contribution is -0.140. The van der Waals surface area contributed by atoms with Gasteiger partial charge in [0.25, 0.3) is 10.0 Å². The summed E-state index contributed by atoms with van der Waals surface area (Å²) in [4.78, 5) is 30.3. The van der Waals surface area contributed by atoms with Gasteiger partial charge >= 0.3 is 0 Å². The Morgan fingerprint density at radius 2 is 1.35 bits per heavy atom. The Balaban J connectivity index is 1.56. The van der Waals surface area contributed by atoms with Crippen LogP contribution >= 0.6 is 15.9 Å². The second kappa shape index (κ2) is 17.3. The summed E-state index contributed by atoms with van der Waals surface area (Å²) in [6.45, 7) is 5.30. The zero-order valence-electron chi connectivity index (χ0n) is 28.9. The molecule has 0 spiro atoms. The number of carbonyl (C=O) groups excluding carboxylic acids is 2. The number of carbonyl (C=O) groups is 2. The number of hydrogen-bond acceptors (Lipinski definition) is 5. The van der Waals surface area contributed by atoms with E-state index in [4.69, 9.17) is 4.74 Å². The fourth-order valence-corrected chi connectivity index (χ4v) is 7.13. The van der Waals surface area contributed by atoms with Gasteiger partial charge in [-0.15, -0.1) is 0 Å². The van der Waals surface area contributed by atoms with E-state index in [-0.39, 0.29) is 35.5 Å². The number of para-hydroxylation sites is 1. The van der Waals surface area contributed by atoms with Crippen LogP contribution in [0.25, 0.3) is 0 Å². The third-order valence-corrected chi connectivity index (χ3v) is 10.8. The van der Waals surface area contributed by atoms with E-state index in [1.54, 1.807) is 36.4 Å². The van der Waals surface area contributed by atoms with Crippen LogP contribution < -0.4 is 14.4 Å². The molecule has 0 aliphatic carbocycles. The molecule has 0 aliphatic rings. The monoisotopic (exact) mass is 767 g/mol. The van der Waals surface area contributed by atoms with E-state index in [9.17, 15) is 18.0 Å². The number of aryl methyl sites for hydroxylation is 1. The number of halogens is 1. The van der Waals surface area contributed by atoms with E-state index < -0.39 is 28.5 Å². The van der Waals surface area contributed by atoms with Crippen molar-refractivity contribution in [2.75, 3.05) is 10.8 Å². The van der Waals surface area contributed by atoms with E-state index in [0.717, 1.165) is 25.5 Å². The molecule has 1 N–H and O–H groups in total. The normalized spacial score (nSPS) is 12.4. The number of nitrogens with one attached hydrogen (secondary N) is 1. The third-order valence-electron chi connectivity index (χ3n) is 8.53. The number of ether oxygens (including phenoxy) is 1. The second-order valence-electron chi connectivity index (χ2n) is 12.4. The average molecular weight is 769 g/mol. The summed E-state index contributed by atoms with van der Waals surface area (Å²) in [6.07, 6.45) is 0.943. The van der Waals surface area contributed by atoms with Crippen LogP contribution in [-0.2, 0) is 32.6 Å². The van der Waals surface area contributed by atoms with Crippen molar-refractivity contribution < 1.29 is 22.7 Å². The van der Waals surface area contributed by atoms with Crippen LogP contribution in [-0.4, -0.2) is 43.8 Å². The van der Waals surface area contributed by atoms with Crippen LogP contribution in [0.2, 0.25) is 0 Å². The minimum absolute atomic E-state index is 0.0420. The first-order chi connectivity index (χ1) is 24.5. The molecule has 0 saturated heterocycles. The van der Waals surface area contributed by atoms with Crippen LogP contribution in [0.5, 0.6) is 11.5 Å². The maximum Gasteiger partial charge on any atom is 0.264 e. The first-order valence-corrected chi connectivity index (χ1v) is 19.1. The summed E-state index contributed by atoms with van der Waals surface area (Å²) in [5.41, 5.74) is 2.83. The fraction of sp³-hybridized carbons (Fsp3) is 0.220. The molecule has 0 aliphatic heterocycles. The molecule has 0 heterocycles. The van der Waals surface area contributed by atoms with Gasteiger partial charge in [-0.25, -0.2) is 8.42 Å². The fourth-order valence-electron chi connectivity index (χ4n) is 5.45. The molecule has 8 nitrogen and oxygen atoms in total. The first-order valence-electron chi connectivity index (χ1n) is 16.8. The van der Waals surface area contributed by atoms with Gasteiger partial charge in [0.2, 0.25) is 11.8 Å². The number of sulfonamides is 1. The van der Waals surface area contributed by atoms with E-state index in [1.165, 1.54) is 17.0 Å². The summed E-state index contributed by atoms with van der Waals surface area (Å²) >= 11 is 3.48. The molecule has 2 atom stereocenters. The summed E-state index contributed by atoms with van der Waals surface area (Å²) in [5.74, 6) is 0.297. The van der Waals surface area contributed by atoms with Crippen LogP contribution in [0, 0.1) is 6.92 Å². The number of benzene rings is 5. The van der Waals surface area contributed by atoms with Crippen LogP contribution in [0.1, 0.15) is 37.0 Å². The third kappa shape index (κ3) is 10.1. The predicted octanol–water partition coefficient (Wildman–Crippen LogP) is 8.30. The predicted molar refractivity (Wildman–Crippen MR) is 205 cm³/mol. The second-order valence-corrected chi connectivity index (χ2v) is 15.2. The van der Waals surface area contributed by atoms with Crippen LogP contribution in [0.4, 0.5) is 5.69 Å². The smallest absolute Gasteiger partial charge is 0.264 e. The van der Waals surface area contributed by atoms with Crippen molar-refractivity contribution in [2.24, 2.45) is 0 Å². The van der Waals surface area contributed by atoms with Gasteiger partial charge in [0.15, 0.2) is 0 Å². The maximum absolute atomic E-state index is 14.7. The Hall–Kier alpha value is -4.93. The number of anilines is 1. The van der Waals surface area contributed by atoms with Gasteiger partial charge in [-0.1, -0.05) is 101 Å². The summed E-state index contributed by atoms with van der Waals surface area (Å²) in [6, 6.07) is 38.3.